The maximum atomic E-state index is 11.6. The molecule has 76 valence electrons. The van der Waals surface area contributed by atoms with Crippen molar-refractivity contribution in [2.24, 2.45) is 0 Å². The first-order valence-electron chi connectivity index (χ1n) is 3.49. The number of rotatable bonds is 0. The lowest BCUT2D eigenvalue weighted by atomic mass is 10.7. The van der Waals surface area contributed by atoms with Crippen LogP contribution in [0, 0.1) is 0 Å². The molecule has 0 spiro atoms. The van der Waals surface area contributed by atoms with Crippen molar-refractivity contribution in [1.82, 2.24) is 0 Å². The zero-order valence-corrected chi connectivity index (χ0v) is 6.63. The second-order valence-corrected chi connectivity index (χ2v) is 2.19. The molecule has 0 unspecified atom stereocenters. The third-order valence-corrected chi connectivity index (χ3v) is 1.15. The lowest BCUT2D eigenvalue weighted by Gasteiger charge is -2.00. The molecule has 0 aliphatic carbocycles. The average molecular weight is 198 g/mol. The van der Waals surface area contributed by atoms with Crippen molar-refractivity contribution in [2.75, 3.05) is 26.6 Å². The number of carbonyl (C=O) groups is 1. The molecule has 0 saturated carbocycles. The molecule has 0 aromatic rings. The molecule has 0 N–H and O–H groups in total. The van der Waals surface area contributed by atoms with Crippen LogP contribution in [-0.4, -0.2) is 38.9 Å². The molecule has 0 radical (unpaired) electrons. The molecular formula is C6H8F2O5. The van der Waals surface area contributed by atoms with E-state index in [2.05, 4.69) is 18.9 Å². The molecule has 0 atom stereocenters. The lowest BCUT2D eigenvalue weighted by Crippen LogP contribution is -2.16. The van der Waals surface area contributed by atoms with Crippen LogP contribution in [0.15, 0.2) is 0 Å². The summed E-state index contributed by atoms with van der Waals surface area (Å²) in [6, 6.07) is 0. The SMILES string of the molecule is FC1(F)COCO1.O=C1OCCO1. The Morgan fingerprint density at radius 1 is 1.23 bits per heavy atom. The van der Waals surface area contributed by atoms with Crippen LogP contribution in [0.4, 0.5) is 13.6 Å². The highest BCUT2D eigenvalue weighted by Gasteiger charge is 2.35. The first-order valence-corrected chi connectivity index (χ1v) is 3.49. The van der Waals surface area contributed by atoms with Gasteiger partial charge in [-0.05, 0) is 0 Å². The van der Waals surface area contributed by atoms with Gasteiger partial charge in [-0.25, -0.2) is 4.79 Å². The number of halogens is 2. The highest BCUT2D eigenvalue weighted by Crippen LogP contribution is 2.20. The fourth-order valence-electron chi connectivity index (χ4n) is 0.622. The number of cyclic esters (lactones) is 2. The summed E-state index contributed by atoms with van der Waals surface area (Å²) in [7, 11) is 0. The van der Waals surface area contributed by atoms with Crippen LogP contribution in [0.1, 0.15) is 0 Å². The molecule has 0 aromatic carbocycles. The van der Waals surface area contributed by atoms with E-state index in [0.717, 1.165) is 0 Å². The summed E-state index contributed by atoms with van der Waals surface area (Å²) in [5.41, 5.74) is 0. The van der Waals surface area contributed by atoms with E-state index in [0.29, 0.717) is 13.2 Å². The number of alkyl halides is 2. The Morgan fingerprint density at radius 2 is 1.85 bits per heavy atom. The zero-order valence-electron chi connectivity index (χ0n) is 6.63. The van der Waals surface area contributed by atoms with Gasteiger partial charge in [-0.2, -0.15) is 8.78 Å². The van der Waals surface area contributed by atoms with E-state index in [-0.39, 0.29) is 6.79 Å². The Hall–Kier alpha value is -0.950. The molecule has 2 aliphatic rings. The predicted molar refractivity (Wildman–Crippen MR) is 34.2 cm³/mol. The van der Waals surface area contributed by atoms with Crippen molar-refractivity contribution in [2.45, 2.75) is 6.11 Å². The standard InChI is InChI=1S/C3H4F2O2.C3H4O3/c4-3(5)1-6-2-7-3;4-3-5-1-2-6-3/h1-2H2;1-2H2. The topological polar surface area (TPSA) is 54.0 Å². The molecular weight excluding hydrogens is 190 g/mol. The van der Waals surface area contributed by atoms with Crippen LogP contribution in [0.2, 0.25) is 0 Å². The van der Waals surface area contributed by atoms with E-state index in [1.807, 2.05) is 0 Å². The second-order valence-electron chi connectivity index (χ2n) is 2.19. The van der Waals surface area contributed by atoms with Crippen molar-refractivity contribution in [3.63, 3.8) is 0 Å². The average Bonchev–Trinajstić information content (AvgIpc) is 2.62. The van der Waals surface area contributed by atoms with Gasteiger partial charge in [0.1, 0.15) is 19.8 Å². The Morgan fingerprint density at radius 3 is 2.00 bits per heavy atom. The molecule has 2 rings (SSSR count). The lowest BCUT2D eigenvalue weighted by molar-refractivity contribution is -0.197. The highest BCUT2D eigenvalue weighted by molar-refractivity contribution is 5.61. The third kappa shape index (κ3) is 4.00. The van der Waals surface area contributed by atoms with E-state index >= 15 is 0 Å². The maximum Gasteiger partial charge on any atom is 0.508 e. The smallest absolute Gasteiger partial charge is 0.431 e. The molecule has 2 fully saturated rings. The van der Waals surface area contributed by atoms with E-state index in [4.69, 9.17) is 0 Å². The van der Waals surface area contributed by atoms with Crippen LogP contribution in [-0.2, 0) is 18.9 Å². The minimum Gasteiger partial charge on any atom is -0.431 e. The molecule has 0 bridgehead atoms. The fourth-order valence-corrected chi connectivity index (χ4v) is 0.622. The first kappa shape index (κ1) is 10.1. The van der Waals surface area contributed by atoms with Crippen molar-refractivity contribution in [3.8, 4) is 0 Å². The van der Waals surface area contributed by atoms with E-state index in [9.17, 15) is 13.6 Å². The monoisotopic (exact) mass is 198 g/mol. The molecule has 2 heterocycles. The van der Waals surface area contributed by atoms with Crippen LogP contribution < -0.4 is 0 Å². The fraction of sp³-hybridized carbons (Fsp3) is 0.833. The summed E-state index contributed by atoms with van der Waals surface area (Å²) in [5.74, 6) is 0. The molecule has 2 aliphatic heterocycles. The van der Waals surface area contributed by atoms with Crippen molar-refractivity contribution in [1.29, 1.82) is 0 Å². The highest BCUT2D eigenvalue weighted by atomic mass is 19.3. The van der Waals surface area contributed by atoms with Gasteiger partial charge in [0.2, 0.25) is 0 Å². The quantitative estimate of drug-likeness (QED) is 0.537. The molecule has 7 heteroatoms. The van der Waals surface area contributed by atoms with E-state index in [1.165, 1.54) is 0 Å². The maximum absolute atomic E-state index is 11.6. The van der Waals surface area contributed by atoms with Gasteiger partial charge in [0.05, 0.1) is 0 Å². The molecule has 5 nitrogen and oxygen atoms in total. The van der Waals surface area contributed by atoms with E-state index in [1.54, 1.807) is 0 Å². The molecule has 0 aromatic heterocycles. The number of hydrogen-bond acceptors (Lipinski definition) is 5. The Bertz CT molecular complexity index is 168. The normalized spacial score (nSPS) is 24.3. The summed E-state index contributed by atoms with van der Waals surface area (Å²) in [6.45, 7) is -0.0579. The Balaban J connectivity index is 0.000000132. The van der Waals surface area contributed by atoms with Gasteiger partial charge < -0.3 is 14.2 Å². The van der Waals surface area contributed by atoms with Gasteiger partial charge in [-0.1, -0.05) is 0 Å². The van der Waals surface area contributed by atoms with Gasteiger partial charge in [0.15, 0.2) is 6.79 Å². The van der Waals surface area contributed by atoms with Crippen LogP contribution in [0.5, 0.6) is 0 Å². The number of carbonyl (C=O) groups excluding carboxylic acids is 1. The van der Waals surface area contributed by atoms with Crippen LogP contribution in [0.25, 0.3) is 0 Å². The van der Waals surface area contributed by atoms with Gasteiger partial charge in [-0.3, -0.25) is 4.74 Å². The third-order valence-electron chi connectivity index (χ3n) is 1.15. The van der Waals surface area contributed by atoms with Crippen LogP contribution >= 0.6 is 0 Å². The van der Waals surface area contributed by atoms with Gasteiger partial charge in [0, 0.05) is 0 Å². The minimum atomic E-state index is -3.03. The Kier molecular flexibility index (Phi) is 3.38. The summed E-state index contributed by atoms with van der Waals surface area (Å²) in [5, 5.41) is 0. The van der Waals surface area contributed by atoms with E-state index < -0.39 is 18.9 Å². The number of hydrogen-bond donors (Lipinski definition) is 0. The first-order chi connectivity index (χ1) is 6.10. The molecule has 0 amide bonds. The zero-order chi connectivity index (χ0) is 9.73. The molecule has 2 saturated heterocycles. The molecule has 13 heavy (non-hydrogen) atoms. The summed E-state index contributed by atoms with van der Waals surface area (Å²) < 4.78 is 39.7. The summed E-state index contributed by atoms with van der Waals surface area (Å²) in [6.07, 6.45) is -3.57. The Labute approximate surface area is 72.5 Å². The van der Waals surface area contributed by atoms with Crippen LogP contribution in [0.3, 0.4) is 0 Å². The minimum absolute atomic E-state index is 0.285. The van der Waals surface area contributed by atoms with Crippen molar-refractivity contribution >= 4 is 6.16 Å². The van der Waals surface area contributed by atoms with Gasteiger partial charge in [-0.15, -0.1) is 0 Å². The van der Waals surface area contributed by atoms with Crippen molar-refractivity contribution in [3.05, 3.63) is 0 Å². The summed E-state index contributed by atoms with van der Waals surface area (Å²) in [4.78, 5) is 9.80. The number of ether oxygens (including phenoxy) is 4. The van der Waals surface area contributed by atoms with Gasteiger partial charge in [0.25, 0.3) is 0 Å². The predicted octanol–water partition coefficient (Wildman–Crippen LogP) is 0.737. The summed E-state index contributed by atoms with van der Waals surface area (Å²) >= 11 is 0. The van der Waals surface area contributed by atoms with Gasteiger partial charge >= 0.3 is 12.3 Å². The largest absolute Gasteiger partial charge is 0.508 e. The van der Waals surface area contributed by atoms with Crippen molar-refractivity contribution < 1.29 is 32.5 Å². The second kappa shape index (κ2) is 4.33.